The normalized spacial score (nSPS) is 12.0. The first-order chi connectivity index (χ1) is 13.8. The minimum absolute atomic E-state index is 0.475. The van der Waals surface area contributed by atoms with E-state index in [0.717, 1.165) is 43.4 Å². The molecule has 4 rings (SSSR count). The molecule has 0 saturated carbocycles. The van der Waals surface area contributed by atoms with Crippen LogP contribution in [0.5, 0.6) is 0 Å². The second-order valence-electron chi connectivity index (χ2n) is 6.63. The van der Waals surface area contributed by atoms with Crippen LogP contribution in [0.15, 0.2) is 59.9 Å². The molecule has 3 heterocycles. The van der Waals surface area contributed by atoms with Crippen LogP contribution in [0.3, 0.4) is 0 Å². The molecule has 0 aliphatic rings. The third kappa shape index (κ3) is 3.98. The van der Waals surface area contributed by atoms with Crippen molar-refractivity contribution in [3.8, 4) is 0 Å². The van der Waals surface area contributed by atoms with Gasteiger partial charge < -0.3 is 15.6 Å². The molecule has 1 aromatic carbocycles. The van der Waals surface area contributed by atoms with Gasteiger partial charge in [0.1, 0.15) is 6.54 Å². The maximum atomic E-state index is 4.66. The summed E-state index contributed by atoms with van der Waals surface area (Å²) in [6.45, 7) is 4.21. The number of guanidine groups is 1. The zero-order valence-corrected chi connectivity index (χ0v) is 16.0. The Kier molecular flexibility index (Phi) is 5.51. The first-order valence-electron chi connectivity index (χ1n) is 9.71. The number of aromatic amines is 1. The van der Waals surface area contributed by atoms with Gasteiger partial charge in [-0.15, -0.1) is 10.2 Å². The number of aromatic nitrogens is 4. The number of para-hydroxylation sites is 1. The molecule has 3 aromatic heterocycles. The van der Waals surface area contributed by atoms with Crippen LogP contribution in [0.2, 0.25) is 0 Å². The van der Waals surface area contributed by atoms with Crippen molar-refractivity contribution in [1.82, 2.24) is 30.2 Å². The summed E-state index contributed by atoms with van der Waals surface area (Å²) in [4.78, 5) is 7.99. The average molecular weight is 375 g/mol. The van der Waals surface area contributed by atoms with Crippen LogP contribution in [0.25, 0.3) is 16.6 Å². The molecule has 7 nitrogen and oxygen atoms in total. The smallest absolute Gasteiger partial charge is 0.191 e. The van der Waals surface area contributed by atoms with Gasteiger partial charge in [0, 0.05) is 36.4 Å². The van der Waals surface area contributed by atoms with E-state index in [2.05, 4.69) is 68.2 Å². The van der Waals surface area contributed by atoms with Crippen LogP contribution >= 0.6 is 0 Å². The van der Waals surface area contributed by atoms with Crippen molar-refractivity contribution in [3.05, 3.63) is 66.2 Å². The zero-order valence-electron chi connectivity index (χ0n) is 16.0. The largest absolute Gasteiger partial charge is 0.361 e. The fourth-order valence-corrected chi connectivity index (χ4v) is 3.31. The first-order valence-corrected chi connectivity index (χ1v) is 9.71. The van der Waals surface area contributed by atoms with Crippen molar-refractivity contribution in [1.29, 1.82) is 0 Å². The number of rotatable bonds is 7. The highest BCUT2D eigenvalue weighted by molar-refractivity contribution is 5.83. The maximum absolute atomic E-state index is 4.66. The van der Waals surface area contributed by atoms with E-state index in [1.165, 1.54) is 16.5 Å². The van der Waals surface area contributed by atoms with E-state index in [0.29, 0.717) is 6.54 Å². The van der Waals surface area contributed by atoms with Gasteiger partial charge in [-0.05, 0) is 43.5 Å². The zero-order chi connectivity index (χ0) is 19.2. The minimum Gasteiger partial charge on any atom is -0.361 e. The number of nitrogens with one attached hydrogen (secondary N) is 3. The molecule has 0 fully saturated rings. The van der Waals surface area contributed by atoms with Gasteiger partial charge in [-0.1, -0.05) is 24.3 Å². The molecule has 0 spiro atoms. The van der Waals surface area contributed by atoms with Gasteiger partial charge in [0.25, 0.3) is 0 Å². The Balaban J connectivity index is 1.33. The highest BCUT2D eigenvalue weighted by atomic mass is 15.3. The summed E-state index contributed by atoms with van der Waals surface area (Å²) in [5, 5.41) is 16.4. The lowest BCUT2D eigenvalue weighted by Crippen LogP contribution is -2.37. The van der Waals surface area contributed by atoms with E-state index < -0.39 is 0 Å². The van der Waals surface area contributed by atoms with Crippen molar-refractivity contribution < 1.29 is 0 Å². The van der Waals surface area contributed by atoms with E-state index in [-0.39, 0.29) is 0 Å². The van der Waals surface area contributed by atoms with Crippen molar-refractivity contribution >= 4 is 22.5 Å². The number of hydrogen-bond acceptors (Lipinski definition) is 3. The van der Waals surface area contributed by atoms with Crippen molar-refractivity contribution in [2.24, 2.45) is 4.99 Å². The number of nitrogens with zero attached hydrogens (tertiary/aromatic N) is 4. The van der Waals surface area contributed by atoms with E-state index in [9.17, 15) is 0 Å². The molecule has 7 heteroatoms. The summed E-state index contributed by atoms with van der Waals surface area (Å²) in [7, 11) is 0. The standard InChI is InChI=1S/C21H25N7/c1-2-22-21(25-15-20-27-26-19-11-5-6-13-28(19)20)23-12-7-8-16-14-24-18-10-4-3-9-17(16)18/h3-6,9-11,13-14,24H,2,7-8,12,15H2,1H3,(H2,22,23,25). The summed E-state index contributed by atoms with van der Waals surface area (Å²) < 4.78 is 1.96. The number of pyridine rings is 1. The van der Waals surface area contributed by atoms with Crippen LogP contribution in [0.1, 0.15) is 24.7 Å². The van der Waals surface area contributed by atoms with Gasteiger partial charge in [0.15, 0.2) is 17.4 Å². The number of fused-ring (bicyclic) bond motifs is 2. The third-order valence-corrected chi connectivity index (χ3v) is 4.70. The molecule has 0 bridgehead atoms. The molecular weight excluding hydrogens is 350 g/mol. The number of aliphatic imine (C=N–C) groups is 1. The van der Waals surface area contributed by atoms with Crippen LogP contribution in [-0.4, -0.2) is 38.6 Å². The van der Waals surface area contributed by atoms with Crippen molar-refractivity contribution in [2.75, 3.05) is 13.1 Å². The summed E-state index contributed by atoms with van der Waals surface area (Å²) in [6.07, 6.45) is 6.12. The van der Waals surface area contributed by atoms with Crippen LogP contribution in [-0.2, 0) is 13.0 Å². The molecule has 0 amide bonds. The fraction of sp³-hybridized carbons (Fsp3) is 0.286. The van der Waals surface area contributed by atoms with Crippen molar-refractivity contribution in [2.45, 2.75) is 26.3 Å². The molecule has 4 aromatic rings. The van der Waals surface area contributed by atoms with Crippen molar-refractivity contribution in [3.63, 3.8) is 0 Å². The molecule has 0 aliphatic heterocycles. The molecule has 3 N–H and O–H groups in total. The Morgan fingerprint density at radius 2 is 2.00 bits per heavy atom. The fourth-order valence-electron chi connectivity index (χ4n) is 3.31. The van der Waals surface area contributed by atoms with E-state index in [1.807, 2.05) is 28.8 Å². The highest BCUT2D eigenvalue weighted by Crippen LogP contribution is 2.18. The Bertz CT molecular complexity index is 1080. The molecule has 0 aliphatic carbocycles. The van der Waals surface area contributed by atoms with Gasteiger partial charge in [0.2, 0.25) is 0 Å². The van der Waals surface area contributed by atoms with E-state index >= 15 is 0 Å². The number of benzene rings is 1. The quantitative estimate of drug-likeness (QED) is 0.263. The molecule has 28 heavy (non-hydrogen) atoms. The SMILES string of the molecule is CCNC(=NCc1nnc2ccccn12)NCCCc1c[nH]c2ccccc12. The lowest BCUT2D eigenvalue weighted by atomic mass is 10.1. The van der Waals surface area contributed by atoms with Gasteiger partial charge in [-0.3, -0.25) is 4.40 Å². The van der Waals surface area contributed by atoms with Gasteiger partial charge in [-0.25, -0.2) is 4.99 Å². The second kappa shape index (κ2) is 8.56. The molecule has 144 valence electrons. The molecule has 0 atom stereocenters. The summed E-state index contributed by atoms with van der Waals surface area (Å²) >= 11 is 0. The molecule has 0 saturated heterocycles. The van der Waals surface area contributed by atoms with Crippen LogP contribution < -0.4 is 10.6 Å². The summed E-state index contributed by atoms with van der Waals surface area (Å²) in [6, 6.07) is 14.3. The minimum atomic E-state index is 0.475. The monoisotopic (exact) mass is 375 g/mol. The first kappa shape index (κ1) is 18.0. The number of hydrogen-bond donors (Lipinski definition) is 3. The Morgan fingerprint density at radius 3 is 2.93 bits per heavy atom. The average Bonchev–Trinajstić information content (AvgIpc) is 3.33. The Morgan fingerprint density at radius 1 is 1.11 bits per heavy atom. The Hall–Kier alpha value is -3.35. The highest BCUT2D eigenvalue weighted by Gasteiger charge is 2.05. The topological polar surface area (TPSA) is 82.4 Å². The number of H-pyrrole nitrogens is 1. The predicted molar refractivity (Wildman–Crippen MR) is 112 cm³/mol. The molecular formula is C21H25N7. The van der Waals surface area contributed by atoms with Crippen LogP contribution in [0.4, 0.5) is 0 Å². The molecule has 0 radical (unpaired) electrons. The van der Waals surface area contributed by atoms with Gasteiger partial charge >= 0.3 is 0 Å². The lowest BCUT2D eigenvalue weighted by Gasteiger charge is -2.11. The third-order valence-electron chi connectivity index (χ3n) is 4.70. The molecule has 0 unspecified atom stereocenters. The predicted octanol–water partition coefficient (Wildman–Crippen LogP) is 2.90. The number of aryl methyl sites for hydroxylation is 1. The summed E-state index contributed by atoms with van der Waals surface area (Å²) in [5.74, 6) is 1.63. The Labute approximate surface area is 163 Å². The van der Waals surface area contributed by atoms with Crippen LogP contribution in [0, 0.1) is 0 Å². The lowest BCUT2D eigenvalue weighted by molar-refractivity contribution is 0.741. The van der Waals surface area contributed by atoms with Gasteiger partial charge in [-0.2, -0.15) is 0 Å². The van der Waals surface area contributed by atoms with E-state index in [1.54, 1.807) is 0 Å². The van der Waals surface area contributed by atoms with Gasteiger partial charge in [0.05, 0.1) is 0 Å². The maximum Gasteiger partial charge on any atom is 0.191 e. The second-order valence-corrected chi connectivity index (χ2v) is 6.63. The van der Waals surface area contributed by atoms with E-state index in [4.69, 9.17) is 0 Å². The summed E-state index contributed by atoms with van der Waals surface area (Å²) in [5.41, 5.74) is 3.39.